The summed E-state index contributed by atoms with van der Waals surface area (Å²) in [5, 5.41) is 0.677. The van der Waals surface area contributed by atoms with Crippen molar-refractivity contribution in [3.8, 4) is 5.75 Å². The molecule has 2 unspecified atom stereocenters. The number of benzene rings is 2. The van der Waals surface area contributed by atoms with Gasteiger partial charge in [0.1, 0.15) is 5.75 Å². The van der Waals surface area contributed by atoms with Crippen molar-refractivity contribution >= 4 is 34.8 Å². The summed E-state index contributed by atoms with van der Waals surface area (Å²) in [5.74, 6) is 0.877. The van der Waals surface area contributed by atoms with E-state index in [-0.39, 0.29) is 17.9 Å². The molecule has 5 nitrogen and oxygen atoms in total. The van der Waals surface area contributed by atoms with Crippen molar-refractivity contribution in [2.45, 2.75) is 25.3 Å². The van der Waals surface area contributed by atoms with E-state index in [9.17, 15) is 4.79 Å². The Morgan fingerprint density at radius 3 is 2.70 bits per heavy atom. The van der Waals surface area contributed by atoms with Crippen molar-refractivity contribution in [1.82, 2.24) is 4.90 Å². The summed E-state index contributed by atoms with van der Waals surface area (Å²) < 4.78 is 10.9. The highest BCUT2D eigenvalue weighted by Gasteiger charge is 2.40. The van der Waals surface area contributed by atoms with Gasteiger partial charge in [-0.15, -0.1) is 0 Å². The van der Waals surface area contributed by atoms with Crippen LogP contribution in [0.25, 0.3) is 0 Å². The normalized spacial score (nSPS) is 21.5. The molecule has 7 heteroatoms. The van der Waals surface area contributed by atoms with Crippen LogP contribution in [0.2, 0.25) is 10.0 Å². The maximum Gasteiger partial charge on any atom is 0.260 e. The number of hydrogen-bond donors (Lipinski definition) is 0. The van der Waals surface area contributed by atoms with E-state index in [2.05, 4.69) is 17.9 Å². The quantitative estimate of drug-likeness (QED) is 0.654. The van der Waals surface area contributed by atoms with Crippen LogP contribution in [0, 0.1) is 0 Å². The lowest BCUT2D eigenvalue weighted by Gasteiger charge is -2.30. The number of anilines is 1. The number of rotatable bonds is 5. The van der Waals surface area contributed by atoms with Crippen molar-refractivity contribution in [2.24, 2.45) is 0 Å². The summed E-state index contributed by atoms with van der Waals surface area (Å²) >= 11 is 12.5. The molecule has 0 bridgehead atoms. The van der Waals surface area contributed by atoms with Gasteiger partial charge in [0.15, 0.2) is 0 Å². The Morgan fingerprint density at radius 2 is 1.97 bits per heavy atom. The van der Waals surface area contributed by atoms with Gasteiger partial charge < -0.3 is 14.4 Å². The lowest BCUT2D eigenvalue weighted by atomic mass is 9.92. The molecule has 0 saturated carbocycles. The van der Waals surface area contributed by atoms with E-state index in [0.717, 1.165) is 56.3 Å². The van der Waals surface area contributed by atoms with Gasteiger partial charge in [0, 0.05) is 30.7 Å². The van der Waals surface area contributed by atoms with Gasteiger partial charge in [-0.3, -0.25) is 9.69 Å². The van der Waals surface area contributed by atoms with Crippen LogP contribution >= 0.6 is 23.2 Å². The Balaban J connectivity index is 1.65. The average molecular weight is 449 g/mol. The molecule has 2 aliphatic heterocycles. The molecule has 0 N–H and O–H groups in total. The number of halogens is 2. The predicted molar refractivity (Wildman–Crippen MR) is 120 cm³/mol. The Morgan fingerprint density at radius 1 is 1.20 bits per heavy atom. The van der Waals surface area contributed by atoms with Crippen LogP contribution in [-0.4, -0.2) is 56.8 Å². The highest BCUT2D eigenvalue weighted by Crippen LogP contribution is 2.45. The Bertz CT molecular complexity index is 931. The van der Waals surface area contributed by atoms with Gasteiger partial charge in [-0.1, -0.05) is 29.3 Å². The first-order chi connectivity index (χ1) is 14.5. The smallest absolute Gasteiger partial charge is 0.260 e. The summed E-state index contributed by atoms with van der Waals surface area (Å²) in [7, 11) is 1.66. The molecule has 2 aromatic rings. The molecule has 2 aliphatic rings. The predicted octanol–water partition coefficient (Wildman–Crippen LogP) is 4.86. The summed E-state index contributed by atoms with van der Waals surface area (Å²) in [5.41, 5.74) is 2.48. The molecule has 2 aromatic carbocycles. The zero-order valence-electron chi connectivity index (χ0n) is 17.2. The Hall–Kier alpha value is -1.79. The fraction of sp³-hybridized carbons (Fsp3) is 0.435. The maximum absolute atomic E-state index is 13.5. The standard InChI is InChI=1S/C23H26Cl2N2O3/c1-15-17(8-9-26-10-12-30-13-11-26)19-14-16(29-2)6-7-21(19)27(15)23(28)18-4-3-5-20(24)22(18)25/h3-7,14-15,17H,8-13H2,1-2H3. The minimum atomic E-state index is -0.129. The molecule has 1 fully saturated rings. The second-order valence-electron chi connectivity index (χ2n) is 7.79. The van der Waals surface area contributed by atoms with Crippen LogP contribution in [0.4, 0.5) is 5.69 Å². The van der Waals surface area contributed by atoms with E-state index in [1.807, 2.05) is 17.0 Å². The van der Waals surface area contributed by atoms with Crippen molar-refractivity contribution in [2.75, 3.05) is 44.9 Å². The molecule has 0 spiro atoms. The summed E-state index contributed by atoms with van der Waals surface area (Å²) in [6.07, 6.45) is 0.953. The molecule has 0 aromatic heterocycles. The van der Waals surface area contributed by atoms with Gasteiger partial charge in [-0.25, -0.2) is 0 Å². The number of carbonyl (C=O) groups is 1. The van der Waals surface area contributed by atoms with Crippen LogP contribution in [0.5, 0.6) is 5.75 Å². The van der Waals surface area contributed by atoms with Gasteiger partial charge in [0.05, 0.1) is 35.9 Å². The maximum atomic E-state index is 13.5. The first kappa shape index (κ1) is 21.4. The third kappa shape index (κ3) is 4.04. The minimum Gasteiger partial charge on any atom is -0.497 e. The van der Waals surface area contributed by atoms with Gasteiger partial charge >= 0.3 is 0 Å². The van der Waals surface area contributed by atoms with Crippen LogP contribution < -0.4 is 9.64 Å². The van der Waals surface area contributed by atoms with Crippen LogP contribution in [0.1, 0.15) is 35.2 Å². The summed E-state index contributed by atoms with van der Waals surface area (Å²) in [6.45, 7) is 6.53. The first-order valence-electron chi connectivity index (χ1n) is 10.3. The second kappa shape index (κ2) is 9.15. The van der Waals surface area contributed by atoms with Crippen LogP contribution in [-0.2, 0) is 4.74 Å². The zero-order chi connectivity index (χ0) is 21.3. The monoisotopic (exact) mass is 448 g/mol. The van der Waals surface area contributed by atoms with E-state index in [1.54, 1.807) is 25.3 Å². The van der Waals surface area contributed by atoms with E-state index < -0.39 is 0 Å². The zero-order valence-corrected chi connectivity index (χ0v) is 18.7. The molecule has 4 rings (SSSR count). The van der Waals surface area contributed by atoms with Crippen molar-refractivity contribution in [1.29, 1.82) is 0 Å². The molecule has 1 saturated heterocycles. The molecule has 1 amide bonds. The minimum absolute atomic E-state index is 0.00399. The lowest BCUT2D eigenvalue weighted by Crippen LogP contribution is -2.40. The number of ether oxygens (including phenoxy) is 2. The lowest BCUT2D eigenvalue weighted by molar-refractivity contribution is 0.0364. The van der Waals surface area contributed by atoms with Crippen molar-refractivity contribution in [3.63, 3.8) is 0 Å². The van der Waals surface area contributed by atoms with Gasteiger partial charge in [0.2, 0.25) is 0 Å². The number of amides is 1. The largest absolute Gasteiger partial charge is 0.497 e. The summed E-state index contributed by atoms with van der Waals surface area (Å²) in [6, 6.07) is 11.1. The number of carbonyl (C=O) groups excluding carboxylic acids is 1. The molecule has 0 aliphatic carbocycles. The van der Waals surface area contributed by atoms with Gasteiger partial charge in [0.25, 0.3) is 5.91 Å². The third-order valence-corrected chi connectivity index (χ3v) is 6.96. The van der Waals surface area contributed by atoms with Crippen LogP contribution in [0.3, 0.4) is 0 Å². The second-order valence-corrected chi connectivity index (χ2v) is 8.58. The topological polar surface area (TPSA) is 42.0 Å². The van der Waals surface area contributed by atoms with E-state index in [0.29, 0.717) is 15.6 Å². The fourth-order valence-corrected chi connectivity index (χ4v) is 4.85. The van der Waals surface area contributed by atoms with Crippen molar-refractivity contribution < 1.29 is 14.3 Å². The molecule has 2 heterocycles. The number of hydrogen-bond acceptors (Lipinski definition) is 4. The number of fused-ring (bicyclic) bond motifs is 1. The van der Waals surface area contributed by atoms with E-state index >= 15 is 0 Å². The fourth-order valence-electron chi connectivity index (χ4n) is 4.47. The number of methoxy groups -OCH3 is 1. The first-order valence-corrected chi connectivity index (χ1v) is 11.0. The molecular weight excluding hydrogens is 423 g/mol. The molecule has 160 valence electrons. The number of morpholine rings is 1. The molecule has 30 heavy (non-hydrogen) atoms. The SMILES string of the molecule is COc1ccc2c(c1)C(CCN1CCOCC1)C(C)N2C(=O)c1cccc(Cl)c1Cl. The Labute approximate surface area is 187 Å². The average Bonchev–Trinajstić information content (AvgIpc) is 3.04. The molecule has 2 atom stereocenters. The Kier molecular flexibility index (Phi) is 6.54. The third-order valence-electron chi connectivity index (χ3n) is 6.14. The highest BCUT2D eigenvalue weighted by atomic mass is 35.5. The molecular formula is C23H26Cl2N2O3. The van der Waals surface area contributed by atoms with Gasteiger partial charge in [-0.05, 0) is 55.8 Å². The summed E-state index contributed by atoms with van der Waals surface area (Å²) in [4.78, 5) is 17.8. The van der Waals surface area contributed by atoms with Gasteiger partial charge in [-0.2, -0.15) is 0 Å². The van der Waals surface area contributed by atoms with Crippen molar-refractivity contribution in [3.05, 3.63) is 57.6 Å². The molecule has 0 radical (unpaired) electrons. The van der Waals surface area contributed by atoms with Crippen LogP contribution in [0.15, 0.2) is 36.4 Å². The number of nitrogens with zero attached hydrogens (tertiary/aromatic N) is 2. The van der Waals surface area contributed by atoms with E-state index in [4.69, 9.17) is 32.7 Å². The highest BCUT2D eigenvalue weighted by molar-refractivity contribution is 6.44. The van der Waals surface area contributed by atoms with E-state index in [1.165, 1.54) is 0 Å².